The zero-order chi connectivity index (χ0) is 24.8. The van der Waals surface area contributed by atoms with Crippen LogP contribution in [0.5, 0.6) is 5.75 Å². The van der Waals surface area contributed by atoms with E-state index in [-0.39, 0.29) is 11.3 Å². The lowest BCUT2D eigenvalue weighted by molar-refractivity contribution is -0.139. The van der Waals surface area contributed by atoms with Gasteiger partial charge in [0, 0.05) is 12.1 Å². The third-order valence-corrected chi connectivity index (χ3v) is 5.96. The van der Waals surface area contributed by atoms with Crippen molar-refractivity contribution in [2.24, 2.45) is 0 Å². The van der Waals surface area contributed by atoms with Crippen LogP contribution in [0.25, 0.3) is 5.76 Å². The summed E-state index contributed by atoms with van der Waals surface area (Å²) in [6.45, 7) is 9.44. The van der Waals surface area contributed by atoms with Gasteiger partial charge in [-0.25, -0.2) is 0 Å². The fraction of sp³-hybridized carbons (Fsp3) is 0.357. The Kier molecular flexibility index (Phi) is 8.29. The molecule has 34 heavy (non-hydrogen) atoms. The Balaban J connectivity index is 2.03. The average Bonchev–Trinajstić information content (AvgIpc) is 3.07. The maximum absolute atomic E-state index is 13.1. The summed E-state index contributed by atoms with van der Waals surface area (Å²) in [4.78, 5) is 29.8. The normalized spacial score (nSPS) is 17.6. The highest BCUT2D eigenvalue weighted by Crippen LogP contribution is 2.40. The van der Waals surface area contributed by atoms with Crippen LogP contribution in [-0.4, -0.2) is 60.4 Å². The number of rotatable bonds is 10. The van der Waals surface area contributed by atoms with Gasteiger partial charge in [0.25, 0.3) is 11.7 Å². The van der Waals surface area contributed by atoms with Crippen molar-refractivity contribution >= 4 is 17.4 Å². The molecule has 0 bridgehead atoms. The fourth-order valence-electron chi connectivity index (χ4n) is 4.10. The summed E-state index contributed by atoms with van der Waals surface area (Å²) in [5.74, 6) is -0.429. The van der Waals surface area contributed by atoms with Crippen molar-refractivity contribution in [1.29, 1.82) is 0 Å². The molecule has 0 saturated carbocycles. The standard InChI is InChI=1S/C28H34N2O4/c1-6-18-34-23-14-12-22(13-15-23)26(31)24-25(21-10-8-20(9-11-21)19(2)3)30(28(33)27(24)32)17-7-16-29(4)5/h6,8-15,19,25,31H,1,7,16-18H2,2-5H3/b26-24+. The molecule has 3 rings (SSSR count). The van der Waals surface area contributed by atoms with Crippen LogP contribution in [0.2, 0.25) is 0 Å². The Morgan fingerprint density at radius 3 is 2.32 bits per heavy atom. The van der Waals surface area contributed by atoms with Crippen LogP contribution in [-0.2, 0) is 9.59 Å². The molecule has 1 atom stereocenters. The van der Waals surface area contributed by atoms with Gasteiger partial charge in [-0.05, 0) is 68.4 Å². The number of carbonyl (C=O) groups is 2. The first-order chi connectivity index (χ1) is 16.2. The lowest BCUT2D eigenvalue weighted by Crippen LogP contribution is -2.32. The van der Waals surface area contributed by atoms with E-state index in [1.165, 1.54) is 5.56 Å². The first-order valence-corrected chi connectivity index (χ1v) is 11.6. The van der Waals surface area contributed by atoms with Crippen molar-refractivity contribution in [3.8, 4) is 5.75 Å². The monoisotopic (exact) mass is 462 g/mol. The number of aliphatic hydroxyl groups is 1. The van der Waals surface area contributed by atoms with Crippen LogP contribution in [0.15, 0.2) is 66.8 Å². The van der Waals surface area contributed by atoms with Crippen LogP contribution in [0.3, 0.4) is 0 Å². The molecular weight excluding hydrogens is 428 g/mol. The molecule has 1 aliphatic heterocycles. The third-order valence-electron chi connectivity index (χ3n) is 5.96. The van der Waals surface area contributed by atoms with Gasteiger partial charge in [0.2, 0.25) is 0 Å². The summed E-state index contributed by atoms with van der Waals surface area (Å²) in [5.41, 5.74) is 2.55. The van der Waals surface area contributed by atoms with E-state index >= 15 is 0 Å². The van der Waals surface area contributed by atoms with Gasteiger partial charge in [-0.1, -0.05) is 50.8 Å². The highest BCUT2D eigenvalue weighted by atomic mass is 16.5. The number of likely N-dealkylation sites (tertiary alicyclic amines) is 1. The predicted octanol–water partition coefficient (Wildman–Crippen LogP) is 4.75. The van der Waals surface area contributed by atoms with Gasteiger partial charge in [-0.15, -0.1) is 0 Å². The minimum Gasteiger partial charge on any atom is -0.507 e. The predicted molar refractivity (Wildman–Crippen MR) is 135 cm³/mol. The number of Topliss-reactive ketones (excluding diaryl/α,β-unsaturated/α-hetero) is 1. The van der Waals surface area contributed by atoms with Crippen LogP contribution in [0.1, 0.15) is 48.9 Å². The molecule has 2 aromatic rings. The van der Waals surface area contributed by atoms with Gasteiger partial charge in [0.05, 0.1) is 11.6 Å². The van der Waals surface area contributed by atoms with Gasteiger partial charge in [-0.2, -0.15) is 0 Å². The number of carbonyl (C=O) groups excluding carboxylic acids is 2. The van der Waals surface area contributed by atoms with Crippen molar-refractivity contribution in [2.45, 2.75) is 32.2 Å². The summed E-state index contributed by atoms with van der Waals surface area (Å²) >= 11 is 0. The van der Waals surface area contributed by atoms with Crippen molar-refractivity contribution in [1.82, 2.24) is 9.80 Å². The van der Waals surface area contributed by atoms with E-state index in [1.807, 2.05) is 43.3 Å². The second-order valence-electron chi connectivity index (χ2n) is 9.09. The SMILES string of the molecule is C=CCOc1ccc(/C(O)=C2\C(=O)C(=O)N(CCCN(C)C)C2c2ccc(C(C)C)cc2)cc1. The minimum atomic E-state index is -0.660. The molecule has 1 fully saturated rings. The zero-order valence-electron chi connectivity index (χ0n) is 20.5. The number of amides is 1. The summed E-state index contributed by atoms with van der Waals surface area (Å²) in [6, 6.07) is 14.1. The van der Waals surface area contributed by atoms with E-state index in [2.05, 4.69) is 20.4 Å². The minimum absolute atomic E-state index is 0.118. The Bertz CT molecular complexity index is 1050. The third kappa shape index (κ3) is 5.57. The topological polar surface area (TPSA) is 70.1 Å². The molecule has 2 aromatic carbocycles. The van der Waals surface area contributed by atoms with Gasteiger partial charge >= 0.3 is 0 Å². The van der Waals surface area contributed by atoms with Crippen molar-refractivity contribution in [3.63, 3.8) is 0 Å². The molecular formula is C28H34N2O4. The summed E-state index contributed by atoms with van der Waals surface area (Å²) < 4.78 is 5.51. The molecule has 0 aromatic heterocycles. The number of benzene rings is 2. The quantitative estimate of drug-likeness (QED) is 0.239. The maximum Gasteiger partial charge on any atom is 0.295 e. The average molecular weight is 463 g/mol. The number of hydrogen-bond donors (Lipinski definition) is 1. The van der Waals surface area contributed by atoms with Gasteiger partial charge < -0.3 is 19.6 Å². The second-order valence-corrected chi connectivity index (χ2v) is 9.09. The highest BCUT2D eigenvalue weighted by Gasteiger charge is 2.45. The lowest BCUT2D eigenvalue weighted by Gasteiger charge is -2.26. The molecule has 1 saturated heterocycles. The molecule has 1 amide bonds. The van der Waals surface area contributed by atoms with E-state index in [0.29, 0.717) is 30.4 Å². The van der Waals surface area contributed by atoms with Gasteiger partial charge in [-0.3, -0.25) is 9.59 Å². The zero-order valence-corrected chi connectivity index (χ0v) is 20.5. The largest absolute Gasteiger partial charge is 0.507 e. The van der Waals surface area contributed by atoms with Crippen molar-refractivity contribution in [2.75, 3.05) is 33.8 Å². The lowest BCUT2D eigenvalue weighted by atomic mass is 9.93. The first kappa shape index (κ1) is 25.2. The molecule has 6 nitrogen and oxygen atoms in total. The molecule has 180 valence electrons. The Labute approximate surface area is 202 Å². The first-order valence-electron chi connectivity index (χ1n) is 11.6. The maximum atomic E-state index is 13.1. The number of hydrogen-bond acceptors (Lipinski definition) is 5. The Morgan fingerprint density at radius 1 is 1.12 bits per heavy atom. The molecule has 0 spiro atoms. The van der Waals surface area contributed by atoms with Crippen LogP contribution < -0.4 is 4.74 Å². The number of nitrogens with zero attached hydrogens (tertiary/aromatic N) is 2. The Morgan fingerprint density at radius 2 is 1.76 bits per heavy atom. The second kappa shape index (κ2) is 11.2. The van der Waals surface area contributed by atoms with Gasteiger partial charge in [0.15, 0.2) is 0 Å². The van der Waals surface area contributed by atoms with Crippen LogP contribution >= 0.6 is 0 Å². The van der Waals surface area contributed by atoms with E-state index in [9.17, 15) is 14.7 Å². The Hall–Kier alpha value is -3.38. The van der Waals surface area contributed by atoms with Crippen LogP contribution in [0, 0.1) is 0 Å². The molecule has 1 aliphatic rings. The summed E-state index contributed by atoms with van der Waals surface area (Å²) in [7, 11) is 3.94. The molecule has 1 N–H and O–H groups in total. The molecule has 0 aliphatic carbocycles. The number of ether oxygens (including phenoxy) is 1. The van der Waals surface area contributed by atoms with E-state index in [1.54, 1.807) is 35.2 Å². The van der Waals surface area contributed by atoms with E-state index in [4.69, 9.17) is 4.74 Å². The fourth-order valence-corrected chi connectivity index (χ4v) is 4.10. The summed E-state index contributed by atoms with van der Waals surface area (Å²) in [6.07, 6.45) is 2.37. The molecule has 0 radical (unpaired) electrons. The van der Waals surface area contributed by atoms with Crippen molar-refractivity contribution < 1.29 is 19.4 Å². The van der Waals surface area contributed by atoms with Gasteiger partial charge in [0.1, 0.15) is 18.1 Å². The highest BCUT2D eigenvalue weighted by molar-refractivity contribution is 6.46. The number of aliphatic hydroxyl groups excluding tert-OH is 1. The smallest absolute Gasteiger partial charge is 0.295 e. The van der Waals surface area contributed by atoms with Crippen LogP contribution in [0.4, 0.5) is 0 Å². The molecule has 6 heteroatoms. The van der Waals surface area contributed by atoms with E-state index < -0.39 is 17.7 Å². The molecule has 1 unspecified atom stereocenters. The van der Waals surface area contributed by atoms with Crippen molar-refractivity contribution in [3.05, 3.63) is 83.4 Å². The van der Waals surface area contributed by atoms with E-state index in [0.717, 1.165) is 18.5 Å². The number of ketones is 1. The molecule has 1 heterocycles. The summed E-state index contributed by atoms with van der Waals surface area (Å²) in [5, 5.41) is 11.2.